The molecular formula is C26H44N10O2S2. The molecule has 0 atom stereocenters. The zero-order chi connectivity index (χ0) is 29.3. The van der Waals surface area contributed by atoms with Crippen LogP contribution in [-0.4, -0.2) is 46.8 Å². The van der Waals surface area contributed by atoms with Crippen LogP contribution in [0.4, 0.5) is 10.3 Å². The van der Waals surface area contributed by atoms with Crippen molar-refractivity contribution < 1.29 is 9.59 Å². The van der Waals surface area contributed by atoms with Crippen LogP contribution in [0.3, 0.4) is 0 Å². The van der Waals surface area contributed by atoms with Crippen molar-refractivity contribution in [2.45, 2.75) is 90.9 Å². The summed E-state index contributed by atoms with van der Waals surface area (Å²) in [4.78, 5) is 43.3. The quantitative estimate of drug-likeness (QED) is 0.0910. The normalized spacial score (nSPS) is 12.1. The average molecular weight is 593 g/mol. The van der Waals surface area contributed by atoms with Crippen molar-refractivity contribution in [3.63, 3.8) is 0 Å². The molecule has 0 unspecified atom stereocenters. The summed E-state index contributed by atoms with van der Waals surface area (Å²) in [6.45, 7) is 4.95. The molecule has 0 spiro atoms. The van der Waals surface area contributed by atoms with E-state index in [4.69, 9.17) is 22.9 Å². The van der Waals surface area contributed by atoms with Gasteiger partial charge < -0.3 is 22.9 Å². The molecule has 0 aromatic carbocycles. The van der Waals surface area contributed by atoms with Crippen LogP contribution < -0.4 is 33.6 Å². The van der Waals surface area contributed by atoms with Crippen LogP contribution in [0, 0.1) is 13.8 Å². The van der Waals surface area contributed by atoms with E-state index in [1.807, 2.05) is 13.8 Å². The lowest BCUT2D eigenvalue weighted by Gasteiger charge is -2.06. The molecule has 12 nitrogen and oxygen atoms in total. The molecule has 2 heterocycles. The van der Waals surface area contributed by atoms with E-state index < -0.39 is 0 Å². The molecule has 0 bridgehead atoms. The molecular weight excluding hydrogens is 548 g/mol. The molecule has 2 rings (SSSR count). The third-order valence-corrected chi connectivity index (χ3v) is 8.19. The van der Waals surface area contributed by atoms with Crippen LogP contribution >= 0.6 is 22.7 Å². The Kier molecular flexibility index (Phi) is 15.0. The highest BCUT2D eigenvalue weighted by Gasteiger charge is 2.07. The fourth-order valence-electron chi connectivity index (χ4n) is 4.01. The summed E-state index contributed by atoms with van der Waals surface area (Å²) in [6, 6.07) is 0. The van der Waals surface area contributed by atoms with Crippen LogP contribution in [0.5, 0.6) is 0 Å². The molecule has 0 fully saturated rings. The number of hydrogen-bond donors (Lipinski definition) is 6. The number of guanidine groups is 2. The van der Waals surface area contributed by atoms with Gasteiger partial charge in [-0.05, 0) is 52.4 Å². The van der Waals surface area contributed by atoms with Gasteiger partial charge in [-0.1, -0.05) is 25.7 Å². The predicted molar refractivity (Wildman–Crippen MR) is 165 cm³/mol. The Bertz CT molecular complexity index is 1050. The zero-order valence-electron chi connectivity index (χ0n) is 23.6. The standard InChI is InChI=1S/C26H44N10O2S2/c1-17-19(39-25(29)33-17)11-9-15-31-23(27)35-21(37)13-7-5-3-4-6-8-14-22(38)36-24(28)32-16-10-12-20-18(2)34-26(30)40-20/h3-16H2,1-2H3,(H2,29,33)(H2,30,34)(H3,27,31,35,37)(H3,28,32,36,38). The number of carbonyl (C=O) groups excluding carboxylic acids is 2. The maximum Gasteiger partial charge on any atom is 0.226 e. The highest BCUT2D eigenvalue weighted by molar-refractivity contribution is 7.15. The number of aliphatic imine (C=N–C) groups is 2. The number of nitrogens with two attached hydrogens (primary N) is 4. The first-order valence-corrected chi connectivity index (χ1v) is 15.4. The van der Waals surface area contributed by atoms with Gasteiger partial charge in [0.05, 0.1) is 11.4 Å². The third-order valence-electron chi connectivity index (χ3n) is 6.10. The average Bonchev–Trinajstić information content (AvgIpc) is 3.38. The second-order valence-corrected chi connectivity index (χ2v) is 11.8. The van der Waals surface area contributed by atoms with Gasteiger partial charge in [-0.2, -0.15) is 0 Å². The van der Waals surface area contributed by atoms with Gasteiger partial charge in [0.15, 0.2) is 22.2 Å². The highest BCUT2D eigenvalue weighted by Crippen LogP contribution is 2.21. The smallest absolute Gasteiger partial charge is 0.226 e. The molecule has 0 aliphatic carbocycles. The van der Waals surface area contributed by atoms with Crippen molar-refractivity contribution in [1.82, 2.24) is 20.6 Å². The van der Waals surface area contributed by atoms with Crippen molar-refractivity contribution in [1.29, 1.82) is 0 Å². The second-order valence-electron chi connectivity index (χ2n) is 9.58. The Morgan fingerprint density at radius 3 is 1.40 bits per heavy atom. The summed E-state index contributed by atoms with van der Waals surface area (Å²) in [5, 5.41) is 6.45. The number of thiazole rings is 2. The van der Waals surface area contributed by atoms with Crippen LogP contribution in [0.1, 0.15) is 85.4 Å². The van der Waals surface area contributed by atoms with Crippen LogP contribution in [0.15, 0.2) is 9.98 Å². The van der Waals surface area contributed by atoms with Crippen molar-refractivity contribution in [2.75, 3.05) is 24.6 Å². The lowest BCUT2D eigenvalue weighted by atomic mass is 10.1. The molecule has 0 radical (unpaired) electrons. The highest BCUT2D eigenvalue weighted by atomic mass is 32.1. The van der Waals surface area contributed by atoms with Gasteiger partial charge in [0, 0.05) is 35.7 Å². The van der Waals surface area contributed by atoms with Gasteiger partial charge in [0.1, 0.15) is 0 Å². The third kappa shape index (κ3) is 13.7. The fourth-order valence-corrected chi connectivity index (χ4v) is 5.76. The number of nitrogen functional groups attached to an aromatic ring is 2. The number of hydrogen-bond acceptors (Lipinski definition) is 10. The molecule has 2 aromatic heterocycles. The van der Waals surface area contributed by atoms with E-state index in [9.17, 15) is 9.59 Å². The summed E-state index contributed by atoms with van der Waals surface area (Å²) in [5.74, 6) is 0.0791. The molecule has 10 N–H and O–H groups in total. The van der Waals surface area contributed by atoms with E-state index in [2.05, 4.69) is 30.6 Å². The number of rotatable bonds is 17. The maximum absolute atomic E-state index is 12.1. The largest absolute Gasteiger partial charge is 0.375 e. The number of anilines is 2. The first-order chi connectivity index (χ1) is 19.1. The topological polar surface area (TPSA) is 213 Å². The molecule has 0 saturated heterocycles. The van der Waals surface area contributed by atoms with Gasteiger partial charge >= 0.3 is 0 Å². The predicted octanol–water partition coefficient (Wildman–Crippen LogP) is 2.93. The first kappa shape index (κ1) is 32.9. The Hall–Kier alpha value is -3.26. The van der Waals surface area contributed by atoms with E-state index in [1.54, 1.807) is 0 Å². The zero-order valence-corrected chi connectivity index (χ0v) is 25.3. The van der Waals surface area contributed by atoms with E-state index in [-0.39, 0.29) is 23.7 Å². The van der Waals surface area contributed by atoms with Gasteiger partial charge in [0.25, 0.3) is 0 Å². The van der Waals surface area contributed by atoms with E-state index in [1.165, 1.54) is 22.7 Å². The lowest BCUT2D eigenvalue weighted by Crippen LogP contribution is -2.36. The minimum absolute atomic E-state index is 0.119. The molecule has 0 aliphatic heterocycles. The van der Waals surface area contributed by atoms with Crippen LogP contribution in [0.25, 0.3) is 0 Å². The summed E-state index contributed by atoms with van der Waals surface area (Å²) in [7, 11) is 0. The number of unbranched alkanes of at least 4 members (excludes halogenated alkanes) is 5. The summed E-state index contributed by atoms with van der Waals surface area (Å²) in [6.07, 6.45) is 9.60. The van der Waals surface area contributed by atoms with Crippen LogP contribution in [-0.2, 0) is 22.4 Å². The van der Waals surface area contributed by atoms with Gasteiger partial charge in [-0.15, -0.1) is 22.7 Å². The molecule has 0 saturated carbocycles. The van der Waals surface area contributed by atoms with E-state index in [0.29, 0.717) is 36.2 Å². The number of amides is 2. The van der Waals surface area contributed by atoms with Crippen molar-refractivity contribution in [3.8, 4) is 0 Å². The minimum atomic E-state index is -0.119. The van der Waals surface area contributed by atoms with Gasteiger partial charge in [0.2, 0.25) is 11.8 Å². The second kappa shape index (κ2) is 18.2. The molecule has 0 aliphatic rings. The minimum Gasteiger partial charge on any atom is -0.375 e. The molecule has 40 heavy (non-hydrogen) atoms. The number of nitrogens with one attached hydrogen (secondary N) is 2. The Balaban J connectivity index is 1.43. The summed E-state index contributed by atoms with van der Waals surface area (Å²) in [5.41, 5.74) is 25.0. The molecule has 2 amide bonds. The maximum atomic E-state index is 12.1. The van der Waals surface area contributed by atoms with Gasteiger partial charge in [-0.3, -0.25) is 30.2 Å². The lowest BCUT2D eigenvalue weighted by molar-refractivity contribution is -0.120. The van der Waals surface area contributed by atoms with E-state index >= 15 is 0 Å². The molecule has 14 heteroatoms. The van der Waals surface area contributed by atoms with Crippen LogP contribution in [0.2, 0.25) is 0 Å². The number of aryl methyl sites for hydroxylation is 4. The molecule has 222 valence electrons. The number of carbonyl (C=O) groups is 2. The Labute approximate surface area is 244 Å². The summed E-state index contributed by atoms with van der Waals surface area (Å²) < 4.78 is 0. The Morgan fingerprint density at radius 1 is 0.675 bits per heavy atom. The fraction of sp³-hybridized carbons (Fsp3) is 0.615. The van der Waals surface area contributed by atoms with Gasteiger partial charge in [-0.25, -0.2) is 9.97 Å². The van der Waals surface area contributed by atoms with Crippen molar-refractivity contribution in [2.24, 2.45) is 21.5 Å². The summed E-state index contributed by atoms with van der Waals surface area (Å²) >= 11 is 2.99. The molecule has 2 aromatic rings. The monoisotopic (exact) mass is 592 g/mol. The van der Waals surface area contributed by atoms with E-state index in [0.717, 1.165) is 85.4 Å². The first-order valence-electron chi connectivity index (χ1n) is 13.8. The van der Waals surface area contributed by atoms with Crippen molar-refractivity contribution in [3.05, 3.63) is 21.1 Å². The Morgan fingerprint density at radius 2 is 1.05 bits per heavy atom. The SMILES string of the molecule is Cc1nc(N)sc1CCCN=C(N)NC(=O)CCCCCCCCC(=O)NC(N)=NCCCc1sc(N)nc1C. The van der Waals surface area contributed by atoms with Crippen molar-refractivity contribution >= 4 is 56.7 Å². The number of aromatic nitrogens is 2. The number of nitrogens with zero attached hydrogens (tertiary/aromatic N) is 4.